The number of carboxylic acids is 1. The third-order valence-corrected chi connectivity index (χ3v) is 6.37. The van der Waals surface area contributed by atoms with Gasteiger partial charge in [0.05, 0.1) is 29.9 Å². The quantitative estimate of drug-likeness (QED) is 0.615. The van der Waals surface area contributed by atoms with Crippen LogP contribution in [0.3, 0.4) is 0 Å². The third-order valence-electron chi connectivity index (χ3n) is 5.16. The van der Waals surface area contributed by atoms with E-state index in [4.69, 9.17) is 9.26 Å². The summed E-state index contributed by atoms with van der Waals surface area (Å²) in [5, 5.41) is 13.5. The van der Waals surface area contributed by atoms with Crippen molar-refractivity contribution < 1.29 is 24.0 Å². The third kappa shape index (κ3) is 3.36. The Labute approximate surface area is 169 Å². The molecule has 1 N–H and O–H groups in total. The van der Waals surface area contributed by atoms with Gasteiger partial charge in [0.25, 0.3) is 5.89 Å². The van der Waals surface area contributed by atoms with Gasteiger partial charge in [0, 0.05) is 34.5 Å². The maximum Gasteiger partial charge on any atom is 0.336 e. The van der Waals surface area contributed by atoms with Crippen molar-refractivity contribution in [2.24, 2.45) is 0 Å². The number of nitrogens with zero attached hydrogens (tertiary/aromatic N) is 3. The molecular weight excluding hydrogens is 394 g/mol. The predicted molar refractivity (Wildman–Crippen MR) is 102 cm³/mol. The van der Waals surface area contributed by atoms with Crippen molar-refractivity contribution >= 4 is 23.1 Å². The lowest BCUT2D eigenvalue weighted by Crippen LogP contribution is -2.11. The van der Waals surface area contributed by atoms with Crippen LogP contribution in [0.25, 0.3) is 11.5 Å². The number of hydrogen-bond acceptors (Lipinski definition) is 8. The van der Waals surface area contributed by atoms with Crippen LogP contribution in [-0.4, -0.2) is 38.6 Å². The number of hydrogen-bond donors (Lipinski definition) is 1. The fraction of sp³-hybridized carbons (Fsp3) is 0.350. The molecule has 29 heavy (non-hydrogen) atoms. The highest BCUT2D eigenvalue weighted by atomic mass is 32.1. The summed E-state index contributed by atoms with van der Waals surface area (Å²) in [7, 11) is 0. The van der Waals surface area contributed by atoms with E-state index in [1.807, 2.05) is 0 Å². The molecule has 8 nitrogen and oxygen atoms in total. The lowest BCUT2D eigenvalue weighted by atomic mass is 9.99. The number of Topliss-reactive ketones (excluding diaryl/α,β-unsaturated/α-hetero) is 1. The van der Waals surface area contributed by atoms with Gasteiger partial charge >= 0.3 is 5.97 Å². The van der Waals surface area contributed by atoms with Crippen molar-refractivity contribution in [2.75, 3.05) is 6.61 Å². The molecule has 1 saturated carbocycles. The fourth-order valence-corrected chi connectivity index (χ4v) is 4.83. The topological polar surface area (TPSA) is 115 Å². The number of pyridine rings is 1. The Kier molecular flexibility index (Phi) is 4.48. The van der Waals surface area contributed by atoms with E-state index in [9.17, 15) is 14.7 Å². The van der Waals surface area contributed by atoms with Crippen molar-refractivity contribution in [3.05, 3.63) is 50.7 Å². The van der Waals surface area contributed by atoms with Gasteiger partial charge in [0.1, 0.15) is 0 Å². The smallest absolute Gasteiger partial charge is 0.336 e. The van der Waals surface area contributed by atoms with Crippen LogP contribution in [0.2, 0.25) is 0 Å². The van der Waals surface area contributed by atoms with Crippen molar-refractivity contribution in [1.29, 1.82) is 0 Å². The van der Waals surface area contributed by atoms with Gasteiger partial charge in [0.2, 0.25) is 0 Å². The summed E-state index contributed by atoms with van der Waals surface area (Å²) in [5.74, 6) is 0.0476. The molecule has 0 atom stereocenters. The van der Waals surface area contributed by atoms with Gasteiger partial charge < -0.3 is 14.4 Å². The molecular formula is C20H17N3O5S. The first-order chi connectivity index (χ1) is 14.1. The van der Waals surface area contributed by atoms with Crippen LogP contribution in [0.4, 0.5) is 0 Å². The second-order valence-corrected chi connectivity index (χ2v) is 8.35. The van der Waals surface area contributed by atoms with E-state index in [0.717, 1.165) is 33.7 Å². The number of aromatic carboxylic acids is 1. The SMILES string of the molecule is O=C(O)c1ccncc1C(=O)Cc1sc2c(c1-c1nc(C3CC3)no1)CCOC2. The van der Waals surface area contributed by atoms with Gasteiger partial charge in [-0.2, -0.15) is 4.98 Å². The van der Waals surface area contributed by atoms with E-state index < -0.39 is 5.97 Å². The number of ether oxygens (including phenoxy) is 1. The van der Waals surface area contributed by atoms with Crippen molar-refractivity contribution in [3.63, 3.8) is 0 Å². The van der Waals surface area contributed by atoms with Gasteiger partial charge in [-0.1, -0.05) is 5.16 Å². The molecule has 0 spiro atoms. The number of thiophene rings is 1. The molecule has 2 aliphatic rings. The highest BCUT2D eigenvalue weighted by molar-refractivity contribution is 7.12. The Morgan fingerprint density at radius 1 is 1.28 bits per heavy atom. The Hall–Kier alpha value is -2.91. The van der Waals surface area contributed by atoms with Crippen LogP contribution in [0.5, 0.6) is 0 Å². The summed E-state index contributed by atoms with van der Waals surface area (Å²) < 4.78 is 11.1. The lowest BCUT2D eigenvalue weighted by molar-refractivity contribution is 0.0691. The molecule has 1 aliphatic carbocycles. The van der Waals surface area contributed by atoms with E-state index in [-0.39, 0.29) is 23.3 Å². The summed E-state index contributed by atoms with van der Waals surface area (Å²) in [5.41, 5.74) is 1.93. The molecule has 1 fully saturated rings. The molecule has 3 aromatic rings. The van der Waals surface area contributed by atoms with Gasteiger partial charge in [-0.05, 0) is 30.9 Å². The number of carboxylic acid groups (broad SMARTS) is 1. The van der Waals surface area contributed by atoms with E-state index in [1.165, 1.54) is 29.8 Å². The summed E-state index contributed by atoms with van der Waals surface area (Å²) in [6.45, 7) is 1.08. The molecule has 5 rings (SSSR count). The Morgan fingerprint density at radius 3 is 2.93 bits per heavy atom. The molecule has 1 aliphatic heterocycles. The Bertz CT molecular complexity index is 1120. The zero-order chi connectivity index (χ0) is 20.0. The molecule has 0 aromatic carbocycles. The molecule has 148 valence electrons. The van der Waals surface area contributed by atoms with Crippen LogP contribution >= 0.6 is 11.3 Å². The van der Waals surface area contributed by atoms with Crippen LogP contribution in [0, 0.1) is 0 Å². The number of aromatic nitrogens is 3. The van der Waals surface area contributed by atoms with Gasteiger partial charge in [0.15, 0.2) is 11.6 Å². The van der Waals surface area contributed by atoms with Crippen LogP contribution < -0.4 is 0 Å². The highest BCUT2D eigenvalue weighted by Gasteiger charge is 2.32. The van der Waals surface area contributed by atoms with E-state index in [2.05, 4.69) is 15.1 Å². The molecule has 0 bridgehead atoms. The predicted octanol–water partition coefficient (Wildman–Crippen LogP) is 3.27. The fourth-order valence-electron chi connectivity index (χ4n) is 3.55. The summed E-state index contributed by atoms with van der Waals surface area (Å²) >= 11 is 1.49. The van der Waals surface area contributed by atoms with Crippen LogP contribution in [0.1, 0.15) is 60.6 Å². The lowest BCUT2D eigenvalue weighted by Gasteiger charge is -2.12. The molecule has 0 saturated heterocycles. The average molecular weight is 411 g/mol. The van der Waals surface area contributed by atoms with E-state index in [1.54, 1.807) is 0 Å². The molecule has 0 radical (unpaired) electrons. The van der Waals surface area contributed by atoms with Crippen molar-refractivity contribution in [3.8, 4) is 11.5 Å². The first-order valence-corrected chi connectivity index (χ1v) is 10.2. The van der Waals surface area contributed by atoms with Gasteiger partial charge in [-0.3, -0.25) is 9.78 Å². The molecule has 9 heteroatoms. The summed E-state index contributed by atoms with van der Waals surface area (Å²) in [6.07, 6.45) is 5.56. The maximum absolute atomic E-state index is 13.0. The number of rotatable bonds is 6. The maximum atomic E-state index is 13.0. The van der Waals surface area contributed by atoms with Gasteiger partial charge in [-0.15, -0.1) is 11.3 Å². The van der Waals surface area contributed by atoms with E-state index in [0.29, 0.717) is 37.3 Å². The van der Waals surface area contributed by atoms with E-state index >= 15 is 0 Å². The normalized spacial score (nSPS) is 15.9. The highest BCUT2D eigenvalue weighted by Crippen LogP contribution is 2.42. The largest absolute Gasteiger partial charge is 0.478 e. The standard InChI is InChI=1S/C20H17N3O5S/c24-14(13-8-21-5-3-11(13)20(25)26)7-15-17(12-4-6-27-9-16(12)29-15)19-22-18(23-28-19)10-1-2-10/h3,5,8,10H,1-2,4,6-7,9H2,(H,25,26). The minimum Gasteiger partial charge on any atom is -0.478 e. The first-order valence-electron chi connectivity index (χ1n) is 9.37. The number of ketones is 1. The minimum absolute atomic E-state index is 0.0418. The second kappa shape index (κ2) is 7.16. The summed E-state index contributed by atoms with van der Waals surface area (Å²) in [4.78, 5) is 34.8. The van der Waals surface area contributed by atoms with Crippen molar-refractivity contribution in [2.45, 2.75) is 38.2 Å². The van der Waals surface area contributed by atoms with Crippen molar-refractivity contribution in [1.82, 2.24) is 15.1 Å². The number of carbonyl (C=O) groups excluding carboxylic acids is 1. The molecule has 4 heterocycles. The summed E-state index contributed by atoms with van der Waals surface area (Å²) in [6, 6.07) is 1.34. The minimum atomic E-state index is -1.15. The van der Waals surface area contributed by atoms with Crippen LogP contribution in [-0.2, 0) is 24.2 Å². The first kappa shape index (κ1) is 18.1. The number of fused-ring (bicyclic) bond motifs is 1. The van der Waals surface area contributed by atoms with Crippen LogP contribution in [0.15, 0.2) is 23.0 Å². The zero-order valence-corrected chi connectivity index (χ0v) is 16.2. The molecule has 3 aromatic heterocycles. The van der Waals surface area contributed by atoms with Gasteiger partial charge in [-0.25, -0.2) is 4.79 Å². The Morgan fingerprint density at radius 2 is 2.14 bits per heavy atom. The molecule has 0 amide bonds. The molecule has 0 unspecified atom stereocenters. The Balaban J connectivity index is 1.54. The second-order valence-electron chi connectivity index (χ2n) is 7.16. The number of carbonyl (C=O) groups is 2. The average Bonchev–Trinajstić information content (AvgIpc) is 3.35. The monoisotopic (exact) mass is 411 g/mol. The zero-order valence-electron chi connectivity index (χ0n) is 15.4.